The van der Waals surface area contributed by atoms with Crippen molar-refractivity contribution in [2.45, 2.75) is 39.7 Å². The van der Waals surface area contributed by atoms with Gasteiger partial charge in [0, 0.05) is 6.04 Å². The average molecular weight is 155 g/mol. The highest BCUT2D eigenvalue weighted by Gasteiger charge is 2.18. The molecule has 3 atom stereocenters. The highest BCUT2D eigenvalue weighted by molar-refractivity contribution is 4.85. The fourth-order valence-electron chi connectivity index (χ4n) is 1.54. The van der Waals surface area contributed by atoms with E-state index in [1.165, 1.54) is 0 Å². The van der Waals surface area contributed by atoms with Crippen molar-refractivity contribution in [3.8, 4) is 0 Å². The predicted octanol–water partition coefficient (Wildman–Crippen LogP) is 2.57. The molecule has 11 heavy (non-hydrogen) atoms. The first-order chi connectivity index (χ1) is 5.17. The summed E-state index contributed by atoms with van der Waals surface area (Å²) in [5.74, 6) is 1.16. The molecule has 0 aromatic heterocycles. The third-order valence-electron chi connectivity index (χ3n) is 2.54. The summed E-state index contributed by atoms with van der Waals surface area (Å²) in [6.07, 6.45) is 4.22. The Hall–Kier alpha value is -0.300. The van der Waals surface area contributed by atoms with Crippen LogP contribution in [0.4, 0.5) is 0 Å². The van der Waals surface area contributed by atoms with Crippen LogP contribution >= 0.6 is 0 Å². The largest absolute Gasteiger partial charge is 0.327 e. The third kappa shape index (κ3) is 3.06. The fraction of sp³-hybridized carbons (Fsp3) is 0.800. The van der Waals surface area contributed by atoms with Crippen LogP contribution in [-0.4, -0.2) is 6.04 Å². The Labute approximate surface area is 70.7 Å². The Kier molecular flexibility index (Phi) is 5.22. The summed E-state index contributed by atoms with van der Waals surface area (Å²) in [5, 5.41) is 0. The van der Waals surface area contributed by atoms with Crippen molar-refractivity contribution in [3.63, 3.8) is 0 Å². The minimum Gasteiger partial charge on any atom is -0.327 e. The van der Waals surface area contributed by atoms with Gasteiger partial charge in [0.1, 0.15) is 0 Å². The van der Waals surface area contributed by atoms with Crippen molar-refractivity contribution in [2.24, 2.45) is 17.6 Å². The summed E-state index contributed by atoms with van der Waals surface area (Å²) in [4.78, 5) is 0. The molecular weight excluding hydrogens is 134 g/mol. The lowest BCUT2D eigenvalue weighted by molar-refractivity contribution is 0.327. The second-order valence-corrected chi connectivity index (χ2v) is 3.24. The van der Waals surface area contributed by atoms with Crippen molar-refractivity contribution in [1.29, 1.82) is 0 Å². The van der Waals surface area contributed by atoms with E-state index in [1.54, 1.807) is 0 Å². The third-order valence-corrected chi connectivity index (χ3v) is 2.54. The molecule has 0 aromatic rings. The minimum atomic E-state index is 0.341. The number of nitrogens with two attached hydrogens (primary N) is 1. The summed E-state index contributed by atoms with van der Waals surface area (Å²) < 4.78 is 0. The van der Waals surface area contributed by atoms with Crippen LogP contribution in [0.25, 0.3) is 0 Å². The minimum absolute atomic E-state index is 0.341. The Morgan fingerprint density at radius 1 is 1.36 bits per heavy atom. The van der Waals surface area contributed by atoms with Gasteiger partial charge in [-0.2, -0.15) is 0 Å². The summed E-state index contributed by atoms with van der Waals surface area (Å²) in [7, 11) is 0. The maximum absolute atomic E-state index is 5.96. The van der Waals surface area contributed by atoms with Crippen LogP contribution in [0.5, 0.6) is 0 Å². The van der Waals surface area contributed by atoms with Gasteiger partial charge in [0.2, 0.25) is 0 Å². The highest BCUT2D eigenvalue weighted by atomic mass is 14.6. The van der Waals surface area contributed by atoms with E-state index in [1.807, 2.05) is 6.08 Å². The summed E-state index contributed by atoms with van der Waals surface area (Å²) in [6.45, 7) is 10.3. The second-order valence-electron chi connectivity index (χ2n) is 3.24. The number of hydrogen-bond acceptors (Lipinski definition) is 1. The van der Waals surface area contributed by atoms with Crippen molar-refractivity contribution in [3.05, 3.63) is 12.7 Å². The standard InChI is InChI=1S/C10H21N/c1-5-8(4)9(6-2)10(11)7-3/h5,8-10H,1,6-7,11H2,2-4H3/t8?,9-,10+/m0/s1. The molecule has 0 spiro atoms. The molecule has 0 saturated heterocycles. The number of rotatable bonds is 5. The molecule has 0 rings (SSSR count). The van der Waals surface area contributed by atoms with Gasteiger partial charge in [-0.05, 0) is 18.3 Å². The maximum atomic E-state index is 5.96. The molecule has 0 aliphatic carbocycles. The van der Waals surface area contributed by atoms with Crippen LogP contribution in [-0.2, 0) is 0 Å². The zero-order valence-corrected chi connectivity index (χ0v) is 8.01. The molecule has 0 amide bonds. The van der Waals surface area contributed by atoms with Gasteiger partial charge in [-0.25, -0.2) is 0 Å². The first-order valence-corrected chi connectivity index (χ1v) is 4.55. The fourth-order valence-corrected chi connectivity index (χ4v) is 1.54. The van der Waals surface area contributed by atoms with E-state index >= 15 is 0 Å². The molecule has 1 nitrogen and oxygen atoms in total. The van der Waals surface area contributed by atoms with E-state index in [4.69, 9.17) is 5.73 Å². The predicted molar refractivity (Wildman–Crippen MR) is 51.4 cm³/mol. The molecule has 0 fully saturated rings. The topological polar surface area (TPSA) is 26.0 Å². The van der Waals surface area contributed by atoms with Gasteiger partial charge in [-0.15, -0.1) is 6.58 Å². The molecule has 0 aliphatic rings. The quantitative estimate of drug-likeness (QED) is 0.607. The summed E-state index contributed by atoms with van der Waals surface area (Å²) in [5.41, 5.74) is 5.96. The van der Waals surface area contributed by atoms with E-state index in [0.717, 1.165) is 12.8 Å². The normalized spacial score (nSPS) is 18.9. The molecule has 0 aliphatic heterocycles. The van der Waals surface area contributed by atoms with Crippen molar-refractivity contribution in [2.75, 3.05) is 0 Å². The Balaban J connectivity index is 4.02. The second kappa shape index (κ2) is 5.36. The van der Waals surface area contributed by atoms with Crippen LogP contribution in [0.15, 0.2) is 12.7 Å². The molecule has 0 heterocycles. The van der Waals surface area contributed by atoms with Crippen molar-refractivity contribution < 1.29 is 0 Å². The molecule has 0 radical (unpaired) electrons. The molecule has 0 aromatic carbocycles. The lowest BCUT2D eigenvalue weighted by Gasteiger charge is -2.25. The number of hydrogen-bond donors (Lipinski definition) is 1. The maximum Gasteiger partial charge on any atom is 0.00699 e. The average Bonchev–Trinajstić information content (AvgIpc) is 2.05. The molecule has 66 valence electrons. The van der Waals surface area contributed by atoms with Crippen LogP contribution < -0.4 is 5.73 Å². The zero-order chi connectivity index (χ0) is 8.85. The Bertz CT molecular complexity index is 109. The van der Waals surface area contributed by atoms with Gasteiger partial charge in [0.25, 0.3) is 0 Å². The SMILES string of the molecule is C=CC(C)[C@H](CC)[C@H](N)CC. The lowest BCUT2D eigenvalue weighted by Crippen LogP contribution is -2.32. The monoisotopic (exact) mass is 155 g/mol. The van der Waals surface area contributed by atoms with Gasteiger partial charge in [-0.3, -0.25) is 0 Å². The number of allylic oxidation sites excluding steroid dienone is 1. The molecule has 0 bridgehead atoms. The van der Waals surface area contributed by atoms with Crippen LogP contribution in [0.1, 0.15) is 33.6 Å². The highest BCUT2D eigenvalue weighted by Crippen LogP contribution is 2.20. The van der Waals surface area contributed by atoms with Crippen molar-refractivity contribution >= 4 is 0 Å². The molecule has 1 unspecified atom stereocenters. The van der Waals surface area contributed by atoms with Gasteiger partial charge < -0.3 is 5.73 Å². The Morgan fingerprint density at radius 3 is 2.18 bits per heavy atom. The smallest absolute Gasteiger partial charge is 0.00699 e. The van der Waals surface area contributed by atoms with E-state index in [-0.39, 0.29) is 0 Å². The van der Waals surface area contributed by atoms with E-state index < -0.39 is 0 Å². The molecule has 1 heteroatoms. The van der Waals surface area contributed by atoms with Gasteiger partial charge >= 0.3 is 0 Å². The van der Waals surface area contributed by atoms with Gasteiger partial charge in [-0.1, -0.05) is 33.3 Å². The molecule has 2 N–H and O–H groups in total. The Morgan fingerprint density at radius 2 is 1.91 bits per heavy atom. The first-order valence-electron chi connectivity index (χ1n) is 4.55. The van der Waals surface area contributed by atoms with Crippen LogP contribution in [0, 0.1) is 11.8 Å². The van der Waals surface area contributed by atoms with E-state index in [2.05, 4.69) is 27.4 Å². The summed E-state index contributed by atoms with van der Waals surface area (Å²) >= 11 is 0. The van der Waals surface area contributed by atoms with Crippen LogP contribution in [0.3, 0.4) is 0 Å². The van der Waals surface area contributed by atoms with Gasteiger partial charge in [0.15, 0.2) is 0 Å². The molecular formula is C10H21N. The first kappa shape index (κ1) is 10.7. The zero-order valence-electron chi connectivity index (χ0n) is 8.01. The van der Waals surface area contributed by atoms with Crippen molar-refractivity contribution in [1.82, 2.24) is 0 Å². The lowest BCUT2D eigenvalue weighted by atomic mass is 9.84. The van der Waals surface area contributed by atoms with Crippen LogP contribution in [0.2, 0.25) is 0 Å². The van der Waals surface area contributed by atoms with E-state index in [9.17, 15) is 0 Å². The van der Waals surface area contributed by atoms with E-state index in [0.29, 0.717) is 17.9 Å². The summed E-state index contributed by atoms with van der Waals surface area (Å²) in [6, 6.07) is 0.341. The van der Waals surface area contributed by atoms with Gasteiger partial charge in [0.05, 0.1) is 0 Å². The molecule has 0 saturated carbocycles.